The minimum atomic E-state index is 0.605. The van der Waals surface area contributed by atoms with Crippen molar-refractivity contribution in [3.8, 4) is 22.8 Å². The van der Waals surface area contributed by atoms with Crippen molar-refractivity contribution in [2.75, 3.05) is 25.7 Å². The maximum absolute atomic E-state index is 5.52. The summed E-state index contributed by atoms with van der Waals surface area (Å²) in [5.74, 6) is 1.44. The van der Waals surface area contributed by atoms with Crippen molar-refractivity contribution < 1.29 is 9.47 Å². The topological polar surface area (TPSA) is 88.5 Å². The number of hydrogen-bond acceptors (Lipinski definition) is 7. The Hall–Kier alpha value is -4.20. The van der Waals surface area contributed by atoms with Crippen LogP contribution in [0.15, 0.2) is 71.8 Å². The van der Waals surface area contributed by atoms with Gasteiger partial charge in [0.05, 0.1) is 55.6 Å². The second-order valence-corrected chi connectivity index (χ2v) is 7.82. The van der Waals surface area contributed by atoms with Gasteiger partial charge in [0.1, 0.15) is 11.5 Å². The minimum Gasteiger partial charge on any atom is -0.497 e. The van der Waals surface area contributed by atoms with Crippen LogP contribution in [0, 0.1) is 0 Å². The average molecular weight is 441 g/mol. The highest BCUT2D eigenvalue weighted by atomic mass is 16.5. The highest BCUT2D eigenvalue weighted by Gasteiger charge is 2.17. The van der Waals surface area contributed by atoms with Gasteiger partial charge in [0.25, 0.3) is 0 Å². The van der Waals surface area contributed by atoms with Crippen LogP contribution >= 0.6 is 0 Å². The predicted molar refractivity (Wildman–Crippen MR) is 129 cm³/mol. The van der Waals surface area contributed by atoms with Crippen molar-refractivity contribution in [1.82, 2.24) is 20.2 Å². The van der Waals surface area contributed by atoms with Crippen LogP contribution in [0.5, 0.6) is 11.5 Å². The number of hydrogen-bond donors (Lipinski definition) is 1. The largest absolute Gasteiger partial charge is 0.497 e. The SMILES string of the molecule is COc1cc(OC)cc(N(CC2=CCC(C)=N2)c2ccc3ncc(-c4cn[nH]c4)nc3c2)c1. The number of fused-ring (bicyclic) bond motifs is 1. The highest BCUT2D eigenvalue weighted by Crippen LogP contribution is 2.35. The minimum absolute atomic E-state index is 0.605. The molecule has 4 aromatic rings. The number of aliphatic imine (C=N–C) groups is 1. The van der Waals surface area contributed by atoms with E-state index in [9.17, 15) is 0 Å². The Morgan fingerprint density at radius 1 is 0.970 bits per heavy atom. The summed E-state index contributed by atoms with van der Waals surface area (Å²) in [5.41, 5.74) is 7.32. The summed E-state index contributed by atoms with van der Waals surface area (Å²) in [6.45, 7) is 2.65. The summed E-state index contributed by atoms with van der Waals surface area (Å²) in [4.78, 5) is 16.3. The number of anilines is 2. The number of rotatable bonds is 7. The molecule has 2 aromatic heterocycles. The zero-order valence-electron chi connectivity index (χ0n) is 18.7. The third kappa shape index (κ3) is 4.27. The summed E-state index contributed by atoms with van der Waals surface area (Å²) in [6, 6.07) is 11.9. The van der Waals surface area contributed by atoms with Gasteiger partial charge >= 0.3 is 0 Å². The molecule has 2 aromatic carbocycles. The predicted octanol–water partition coefficient (Wildman–Crippen LogP) is 4.92. The quantitative estimate of drug-likeness (QED) is 0.439. The number of H-pyrrole nitrogens is 1. The molecule has 3 heterocycles. The van der Waals surface area contributed by atoms with Gasteiger partial charge in [-0.2, -0.15) is 5.10 Å². The van der Waals surface area contributed by atoms with Gasteiger partial charge in [-0.1, -0.05) is 6.08 Å². The van der Waals surface area contributed by atoms with Crippen LogP contribution in [-0.2, 0) is 0 Å². The van der Waals surface area contributed by atoms with Crippen LogP contribution < -0.4 is 14.4 Å². The molecule has 0 amide bonds. The Balaban J connectivity index is 1.61. The zero-order chi connectivity index (χ0) is 22.8. The maximum atomic E-state index is 5.52. The molecule has 1 aliphatic heterocycles. The molecule has 0 saturated carbocycles. The van der Waals surface area contributed by atoms with E-state index in [-0.39, 0.29) is 0 Å². The van der Waals surface area contributed by atoms with Gasteiger partial charge in [0.15, 0.2) is 0 Å². The second-order valence-electron chi connectivity index (χ2n) is 7.82. The smallest absolute Gasteiger partial charge is 0.124 e. The summed E-state index contributed by atoms with van der Waals surface area (Å²) in [7, 11) is 3.30. The molecule has 0 atom stereocenters. The fourth-order valence-corrected chi connectivity index (χ4v) is 3.84. The van der Waals surface area contributed by atoms with Crippen LogP contribution in [-0.4, -0.2) is 46.6 Å². The summed E-state index contributed by atoms with van der Waals surface area (Å²) >= 11 is 0. The van der Waals surface area contributed by atoms with Crippen molar-refractivity contribution in [3.05, 3.63) is 66.8 Å². The van der Waals surface area contributed by atoms with E-state index in [1.165, 1.54) is 0 Å². The van der Waals surface area contributed by atoms with Crippen molar-refractivity contribution in [3.63, 3.8) is 0 Å². The molecular weight excluding hydrogens is 416 g/mol. The van der Waals surface area contributed by atoms with Gasteiger partial charge < -0.3 is 14.4 Å². The van der Waals surface area contributed by atoms with Gasteiger partial charge in [-0.05, 0) is 25.1 Å². The number of nitrogens with one attached hydrogen (secondary N) is 1. The molecule has 8 heteroatoms. The molecule has 0 radical (unpaired) electrons. The lowest BCUT2D eigenvalue weighted by molar-refractivity contribution is 0.394. The molecular formula is C25H24N6O2. The number of aromatic amines is 1. The first-order chi connectivity index (χ1) is 16.1. The van der Waals surface area contributed by atoms with E-state index < -0.39 is 0 Å². The standard InChI is InChI=1S/C25H24N6O2/c1-16-4-5-18(29-16)15-31(20-8-21(32-2)11-22(9-20)33-3)19-6-7-23-24(10-19)30-25(14-26-23)17-12-27-28-13-17/h5-14H,4,15H2,1-3H3,(H,27,28). The Bertz CT molecular complexity index is 1340. The number of allylic oxidation sites excluding steroid dienone is 1. The van der Waals surface area contributed by atoms with E-state index >= 15 is 0 Å². The third-order valence-corrected chi connectivity index (χ3v) is 5.57. The summed E-state index contributed by atoms with van der Waals surface area (Å²) in [6.07, 6.45) is 8.35. The van der Waals surface area contributed by atoms with Crippen molar-refractivity contribution in [2.45, 2.75) is 13.3 Å². The number of methoxy groups -OCH3 is 2. The van der Waals surface area contributed by atoms with Gasteiger partial charge in [0, 0.05) is 53.5 Å². The van der Waals surface area contributed by atoms with E-state index in [1.807, 2.05) is 43.3 Å². The molecule has 8 nitrogen and oxygen atoms in total. The summed E-state index contributed by atoms with van der Waals surface area (Å²) < 4.78 is 11.0. The van der Waals surface area contributed by atoms with E-state index in [0.717, 1.165) is 63.0 Å². The molecule has 166 valence electrons. The van der Waals surface area contributed by atoms with Crippen LogP contribution in [0.3, 0.4) is 0 Å². The number of aromatic nitrogens is 4. The number of ether oxygens (including phenoxy) is 2. The highest BCUT2D eigenvalue weighted by molar-refractivity contribution is 5.87. The molecule has 0 bridgehead atoms. The van der Waals surface area contributed by atoms with Crippen LogP contribution in [0.4, 0.5) is 11.4 Å². The Labute approximate surface area is 191 Å². The third-order valence-electron chi connectivity index (χ3n) is 5.57. The molecule has 1 aliphatic rings. The number of benzene rings is 2. The van der Waals surface area contributed by atoms with Gasteiger partial charge in [-0.15, -0.1) is 0 Å². The lowest BCUT2D eigenvalue weighted by atomic mass is 10.1. The van der Waals surface area contributed by atoms with Crippen molar-refractivity contribution >= 4 is 28.1 Å². The first-order valence-electron chi connectivity index (χ1n) is 10.6. The normalized spacial score (nSPS) is 13.1. The Morgan fingerprint density at radius 3 is 2.45 bits per heavy atom. The van der Waals surface area contributed by atoms with Gasteiger partial charge in [-0.3, -0.25) is 15.1 Å². The van der Waals surface area contributed by atoms with E-state index in [0.29, 0.717) is 6.54 Å². The second kappa shape index (κ2) is 8.74. The van der Waals surface area contributed by atoms with E-state index in [2.05, 4.69) is 26.2 Å². The summed E-state index contributed by atoms with van der Waals surface area (Å²) in [5, 5.41) is 6.84. The van der Waals surface area contributed by atoms with Gasteiger partial charge in [0.2, 0.25) is 0 Å². The van der Waals surface area contributed by atoms with E-state index in [4.69, 9.17) is 19.5 Å². The van der Waals surface area contributed by atoms with Gasteiger partial charge in [-0.25, -0.2) is 4.98 Å². The molecule has 0 fully saturated rings. The molecule has 0 saturated heterocycles. The van der Waals surface area contributed by atoms with Crippen LogP contribution in [0.1, 0.15) is 13.3 Å². The van der Waals surface area contributed by atoms with Crippen LogP contribution in [0.2, 0.25) is 0 Å². The van der Waals surface area contributed by atoms with Crippen molar-refractivity contribution in [2.24, 2.45) is 4.99 Å². The zero-order valence-corrected chi connectivity index (χ0v) is 18.7. The first-order valence-corrected chi connectivity index (χ1v) is 10.6. The molecule has 0 aliphatic carbocycles. The molecule has 33 heavy (non-hydrogen) atoms. The molecule has 1 N–H and O–H groups in total. The Morgan fingerprint density at radius 2 is 1.79 bits per heavy atom. The fourth-order valence-electron chi connectivity index (χ4n) is 3.84. The molecule has 0 unspecified atom stereocenters. The fraction of sp³-hybridized carbons (Fsp3) is 0.200. The van der Waals surface area contributed by atoms with Crippen molar-refractivity contribution in [1.29, 1.82) is 0 Å². The lowest BCUT2D eigenvalue weighted by Gasteiger charge is -2.26. The maximum Gasteiger partial charge on any atom is 0.124 e. The molecule has 5 rings (SSSR count). The van der Waals surface area contributed by atoms with Crippen LogP contribution in [0.25, 0.3) is 22.3 Å². The monoisotopic (exact) mass is 440 g/mol. The number of nitrogens with zero attached hydrogens (tertiary/aromatic N) is 5. The lowest BCUT2D eigenvalue weighted by Crippen LogP contribution is -2.19. The average Bonchev–Trinajstić information content (AvgIpc) is 3.53. The molecule has 0 spiro atoms. The Kier molecular flexibility index (Phi) is 5.48. The first kappa shape index (κ1) is 20.7. The van der Waals surface area contributed by atoms with E-state index in [1.54, 1.807) is 32.8 Å².